The average molecular weight is 284 g/mol. The minimum atomic E-state index is -0.505. The fourth-order valence-electron chi connectivity index (χ4n) is 1.95. The van der Waals surface area contributed by atoms with Crippen molar-refractivity contribution >= 4 is 12.0 Å². The van der Waals surface area contributed by atoms with E-state index in [0.717, 1.165) is 19.3 Å². The second-order valence-corrected chi connectivity index (χ2v) is 6.99. The molecule has 1 atom stereocenters. The van der Waals surface area contributed by atoms with Crippen LogP contribution in [0.1, 0.15) is 53.9 Å². The summed E-state index contributed by atoms with van der Waals surface area (Å²) in [5.41, 5.74) is -0.505. The lowest BCUT2D eigenvalue weighted by molar-refractivity contribution is -0.123. The van der Waals surface area contributed by atoms with E-state index in [-0.39, 0.29) is 17.9 Å². The summed E-state index contributed by atoms with van der Waals surface area (Å²) >= 11 is 0. The van der Waals surface area contributed by atoms with Crippen LogP contribution in [0, 0.1) is 11.8 Å². The van der Waals surface area contributed by atoms with Crippen LogP contribution >= 0.6 is 0 Å². The van der Waals surface area contributed by atoms with Crippen LogP contribution in [0.25, 0.3) is 0 Å². The van der Waals surface area contributed by atoms with Crippen molar-refractivity contribution in [1.82, 2.24) is 10.6 Å². The third kappa shape index (κ3) is 7.36. The van der Waals surface area contributed by atoms with Gasteiger partial charge < -0.3 is 15.4 Å². The smallest absolute Gasteiger partial charge is 0.407 e. The number of carbonyl (C=O) groups excluding carboxylic acids is 2. The van der Waals surface area contributed by atoms with Gasteiger partial charge >= 0.3 is 6.09 Å². The minimum absolute atomic E-state index is 0.0318. The summed E-state index contributed by atoms with van der Waals surface area (Å²) < 4.78 is 5.20. The highest BCUT2D eigenvalue weighted by Gasteiger charge is 2.31. The standard InChI is InChI=1S/C15H28N2O3/c1-10(2)8-12(17-13(18)11-6-7-11)9-16-14(19)20-15(3,4)5/h10-12H,6-9H2,1-5H3,(H,16,19)(H,17,18). The van der Waals surface area contributed by atoms with Crippen molar-refractivity contribution in [2.45, 2.75) is 65.5 Å². The number of hydrogen-bond donors (Lipinski definition) is 2. The Morgan fingerprint density at radius 2 is 1.85 bits per heavy atom. The molecular formula is C15H28N2O3. The van der Waals surface area contributed by atoms with E-state index in [0.29, 0.717) is 12.5 Å². The van der Waals surface area contributed by atoms with E-state index >= 15 is 0 Å². The van der Waals surface area contributed by atoms with Gasteiger partial charge in [0.15, 0.2) is 0 Å². The third-order valence-electron chi connectivity index (χ3n) is 2.94. The molecule has 0 aliphatic heterocycles. The first-order chi connectivity index (χ1) is 9.17. The van der Waals surface area contributed by atoms with E-state index in [1.807, 2.05) is 20.8 Å². The summed E-state index contributed by atoms with van der Waals surface area (Å²) in [5.74, 6) is 0.757. The number of amides is 2. The van der Waals surface area contributed by atoms with E-state index in [2.05, 4.69) is 24.5 Å². The molecule has 1 aliphatic rings. The summed E-state index contributed by atoms with van der Waals surface area (Å²) in [6.45, 7) is 10.1. The quantitative estimate of drug-likeness (QED) is 0.787. The van der Waals surface area contributed by atoms with Crippen LogP contribution in [0.3, 0.4) is 0 Å². The van der Waals surface area contributed by atoms with E-state index < -0.39 is 11.7 Å². The van der Waals surface area contributed by atoms with Crippen molar-refractivity contribution in [3.63, 3.8) is 0 Å². The monoisotopic (exact) mass is 284 g/mol. The minimum Gasteiger partial charge on any atom is -0.444 e. The highest BCUT2D eigenvalue weighted by molar-refractivity contribution is 5.81. The summed E-state index contributed by atoms with van der Waals surface area (Å²) in [5, 5.41) is 5.75. The van der Waals surface area contributed by atoms with E-state index in [1.54, 1.807) is 0 Å². The maximum Gasteiger partial charge on any atom is 0.407 e. The maximum absolute atomic E-state index is 11.8. The number of nitrogens with one attached hydrogen (secondary N) is 2. The van der Waals surface area contributed by atoms with Crippen molar-refractivity contribution < 1.29 is 14.3 Å². The molecule has 1 unspecified atom stereocenters. The predicted molar refractivity (Wildman–Crippen MR) is 78.3 cm³/mol. The van der Waals surface area contributed by atoms with Gasteiger partial charge in [-0.2, -0.15) is 0 Å². The van der Waals surface area contributed by atoms with Crippen LogP contribution in [0.5, 0.6) is 0 Å². The Hall–Kier alpha value is -1.26. The topological polar surface area (TPSA) is 67.4 Å². The SMILES string of the molecule is CC(C)CC(CNC(=O)OC(C)(C)C)NC(=O)C1CC1. The first-order valence-corrected chi connectivity index (χ1v) is 7.44. The lowest BCUT2D eigenvalue weighted by Crippen LogP contribution is -2.46. The second-order valence-electron chi connectivity index (χ2n) is 6.99. The van der Waals surface area contributed by atoms with Gasteiger partial charge in [0.05, 0.1) is 0 Å². The molecule has 0 heterocycles. The van der Waals surface area contributed by atoms with Crippen LogP contribution < -0.4 is 10.6 Å². The third-order valence-corrected chi connectivity index (χ3v) is 2.94. The Bertz CT molecular complexity index is 344. The summed E-state index contributed by atoms with van der Waals surface area (Å²) in [7, 11) is 0. The largest absolute Gasteiger partial charge is 0.444 e. The number of rotatable bonds is 6. The van der Waals surface area contributed by atoms with E-state index in [1.165, 1.54) is 0 Å². The van der Waals surface area contributed by atoms with Gasteiger partial charge in [-0.15, -0.1) is 0 Å². The van der Waals surface area contributed by atoms with E-state index in [9.17, 15) is 9.59 Å². The van der Waals surface area contributed by atoms with Crippen LogP contribution in [-0.2, 0) is 9.53 Å². The summed E-state index contributed by atoms with van der Waals surface area (Å²) in [6.07, 6.45) is 2.38. The van der Waals surface area contributed by atoms with Crippen LogP contribution in [0.2, 0.25) is 0 Å². The van der Waals surface area contributed by atoms with Crippen molar-refractivity contribution in [1.29, 1.82) is 0 Å². The molecule has 1 saturated carbocycles. The molecule has 2 N–H and O–H groups in total. The van der Waals surface area contributed by atoms with Gasteiger partial charge in [-0.25, -0.2) is 4.79 Å². The molecule has 5 nitrogen and oxygen atoms in total. The molecule has 0 aromatic rings. The van der Waals surface area contributed by atoms with Gasteiger partial charge in [0.1, 0.15) is 5.60 Å². The molecule has 1 rings (SSSR count). The Morgan fingerprint density at radius 3 is 2.30 bits per heavy atom. The first kappa shape index (κ1) is 16.8. The highest BCUT2D eigenvalue weighted by atomic mass is 16.6. The molecule has 1 fully saturated rings. The Kier molecular flexibility index (Phi) is 5.84. The Morgan fingerprint density at radius 1 is 1.25 bits per heavy atom. The second kappa shape index (κ2) is 6.95. The predicted octanol–water partition coefficient (Wildman–Crippen LogP) is 2.45. The van der Waals surface area contributed by atoms with Gasteiger partial charge in [-0.1, -0.05) is 13.8 Å². The normalized spacial score (nSPS) is 16.7. The molecule has 0 bridgehead atoms. The van der Waals surface area contributed by atoms with Crippen molar-refractivity contribution in [2.24, 2.45) is 11.8 Å². The van der Waals surface area contributed by atoms with E-state index in [4.69, 9.17) is 4.74 Å². The van der Waals surface area contributed by atoms with Crippen LogP contribution in [0.15, 0.2) is 0 Å². The van der Waals surface area contributed by atoms with Gasteiger partial charge in [-0.3, -0.25) is 4.79 Å². The molecule has 116 valence electrons. The molecule has 0 spiro atoms. The zero-order chi connectivity index (χ0) is 15.3. The number of carbonyl (C=O) groups is 2. The van der Waals surface area contributed by atoms with Crippen molar-refractivity contribution in [2.75, 3.05) is 6.54 Å². The number of ether oxygens (including phenoxy) is 1. The molecule has 0 aromatic heterocycles. The fraction of sp³-hybridized carbons (Fsp3) is 0.867. The molecule has 2 amide bonds. The molecular weight excluding hydrogens is 256 g/mol. The van der Waals surface area contributed by atoms with Crippen LogP contribution in [0.4, 0.5) is 4.79 Å². The molecule has 5 heteroatoms. The Labute approximate surface area is 121 Å². The fourth-order valence-corrected chi connectivity index (χ4v) is 1.95. The zero-order valence-corrected chi connectivity index (χ0v) is 13.3. The molecule has 0 aromatic carbocycles. The molecule has 0 saturated heterocycles. The van der Waals surface area contributed by atoms with Gasteiger partial charge in [0.2, 0.25) is 5.91 Å². The van der Waals surface area contributed by atoms with Crippen LogP contribution in [-0.4, -0.2) is 30.2 Å². The van der Waals surface area contributed by atoms with Crippen molar-refractivity contribution in [3.05, 3.63) is 0 Å². The molecule has 1 aliphatic carbocycles. The molecule has 20 heavy (non-hydrogen) atoms. The van der Waals surface area contributed by atoms with Gasteiger partial charge in [0.25, 0.3) is 0 Å². The average Bonchev–Trinajstić information content (AvgIpc) is 3.06. The number of hydrogen-bond acceptors (Lipinski definition) is 3. The maximum atomic E-state index is 11.8. The van der Waals surface area contributed by atoms with Gasteiger partial charge in [-0.05, 0) is 46.0 Å². The number of alkyl carbamates (subject to hydrolysis) is 1. The Balaban J connectivity index is 2.39. The lowest BCUT2D eigenvalue weighted by atomic mass is 10.0. The summed E-state index contributed by atoms with van der Waals surface area (Å²) in [4.78, 5) is 23.5. The highest BCUT2D eigenvalue weighted by Crippen LogP contribution is 2.29. The first-order valence-electron chi connectivity index (χ1n) is 7.44. The zero-order valence-electron chi connectivity index (χ0n) is 13.3. The molecule has 0 radical (unpaired) electrons. The summed E-state index contributed by atoms with van der Waals surface area (Å²) in [6, 6.07) is -0.0318. The lowest BCUT2D eigenvalue weighted by Gasteiger charge is -2.23. The van der Waals surface area contributed by atoms with Crippen molar-refractivity contribution in [3.8, 4) is 0 Å². The van der Waals surface area contributed by atoms with Gasteiger partial charge in [0, 0.05) is 18.5 Å².